The minimum atomic E-state index is -4.78. The van der Waals surface area contributed by atoms with Crippen molar-refractivity contribution in [2.24, 2.45) is 16.7 Å². The number of alkyl halides is 3. The fourth-order valence-corrected chi connectivity index (χ4v) is 3.56. The standard InChI is InChI=1S/C13H22F3NO/c1-11(2)5-9(6-12(3,4)8-11)7-17-10(18)13(14,15)16/h9H,5-8H2,1-4H3,(H,17,18). The second-order valence-corrected chi connectivity index (χ2v) is 6.99. The van der Waals surface area contributed by atoms with Gasteiger partial charge >= 0.3 is 12.1 Å². The van der Waals surface area contributed by atoms with Crippen LogP contribution in [0.2, 0.25) is 0 Å². The average molecular weight is 265 g/mol. The summed E-state index contributed by atoms with van der Waals surface area (Å²) in [4.78, 5) is 10.8. The molecule has 1 rings (SSSR count). The summed E-state index contributed by atoms with van der Waals surface area (Å²) in [5, 5.41) is 2.00. The van der Waals surface area contributed by atoms with Crippen molar-refractivity contribution in [3.63, 3.8) is 0 Å². The van der Waals surface area contributed by atoms with Gasteiger partial charge in [0.05, 0.1) is 0 Å². The molecule has 1 N–H and O–H groups in total. The summed E-state index contributed by atoms with van der Waals surface area (Å²) >= 11 is 0. The van der Waals surface area contributed by atoms with Crippen molar-refractivity contribution < 1.29 is 18.0 Å². The third-order valence-electron chi connectivity index (χ3n) is 3.45. The third kappa shape index (κ3) is 4.50. The van der Waals surface area contributed by atoms with Gasteiger partial charge in [0.1, 0.15) is 0 Å². The van der Waals surface area contributed by atoms with Crippen LogP contribution >= 0.6 is 0 Å². The summed E-state index contributed by atoms with van der Waals surface area (Å²) in [6, 6.07) is 0. The van der Waals surface area contributed by atoms with Crippen molar-refractivity contribution in [1.82, 2.24) is 5.32 Å². The van der Waals surface area contributed by atoms with Crippen molar-refractivity contribution in [3.05, 3.63) is 0 Å². The van der Waals surface area contributed by atoms with E-state index in [1.54, 1.807) is 0 Å². The van der Waals surface area contributed by atoms with Gasteiger partial charge in [-0.05, 0) is 36.0 Å². The van der Waals surface area contributed by atoms with Gasteiger partial charge in [-0.15, -0.1) is 0 Å². The van der Waals surface area contributed by atoms with Crippen LogP contribution in [0.4, 0.5) is 13.2 Å². The lowest BCUT2D eigenvalue weighted by atomic mass is 9.61. The normalized spacial score (nSPS) is 23.7. The lowest BCUT2D eigenvalue weighted by Gasteiger charge is -2.45. The van der Waals surface area contributed by atoms with Crippen LogP contribution in [0.15, 0.2) is 0 Å². The highest BCUT2D eigenvalue weighted by Crippen LogP contribution is 2.48. The van der Waals surface area contributed by atoms with Gasteiger partial charge in [0.2, 0.25) is 0 Å². The quantitative estimate of drug-likeness (QED) is 0.813. The molecule has 0 radical (unpaired) electrons. The Balaban J connectivity index is 2.55. The van der Waals surface area contributed by atoms with Gasteiger partial charge in [0, 0.05) is 6.54 Å². The molecule has 1 fully saturated rings. The molecule has 0 unspecified atom stereocenters. The van der Waals surface area contributed by atoms with E-state index in [1.165, 1.54) is 0 Å². The van der Waals surface area contributed by atoms with Crippen LogP contribution in [0.3, 0.4) is 0 Å². The van der Waals surface area contributed by atoms with Crippen LogP contribution in [0.1, 0.15) is 47.0 Å². The molecule has 0 spiro atoms. The second-order valence-electron chi connectivity index (χ2n) is 6.99. The van der Waals surface area contributed by atoms with Crippen LogP contribution in [-0.4, -0.2) is 18.6 Å². The summed E-state index contributed by atoms with van der Waals surface area (Å²) in [6.07, 6.45) is -2.01. The Hall–Kier alpha value is -0.740. The van der Waals surface area contributed by atoms with Crippen molar-refractivity contribution in [2.75, 3.05) is 6.54 Å². The van der Waals surface area contributed by atoms with Crippen molar-refractivity contribution in [2.45, 2.75) is 53.1 Å². The second kappa shape index (κ2) is 4.74. The summed E-state index contributed by atoms with van der Waals surface area (Å²) in [7, 11) is 0. The zero-order chi connectivity index (χ0) is 14.2. The molecule has 0 aromatic rings. The Kier molecular flexibility index (Phi) is 4.03. The molecule has 1 saturated carbocycles. The number of carbonyl (C=O) groups is 1. The zero-order valence-electron chi connectivity index (χ0n) is 11.4. The minimum absolute atomic E-state index is 0.116. The maximum Gasteiger partial charge on any atom is 0.471 e. The molecule has 0 heterocycles. The van der Waals surface area contributed by atoms with Gasteiger partial charge in [-0.2, -0.15) is 13.2 Å². The minimum Gasteiger partial charge on any atom is -0.348 e. The monoisotopic (exact) mass is 265 g/mol. The van der Waals surface area contributed by atoms with Gasteiger partial charge in [0.15, 0.2) is 0 Å². The molecule has 106 valence electrons. The van der Waals surface area contributed by atoms with Crippen LogP contribution < -0.4 is 5.32 Å². The first-order valence-electron chi connectivity index (χ1n) is 6.26. The predicted molar refractivity (Wildman–Crippen MR) is 64.0 cm³/mol. The number of halogens is 3. The first-order chi connectivity index (χ1) is 7.91. The van der Waals surface area contributed by atoms with Crippen molar-refractivity contribution >= 4 is 5.91 Å². The van der Waals surface area contributed by atoms with E-state index in [2.05, 4.69) is 27.7 Å². The molecule has 0 aromatic heterocycles. The molecule has 0 atom stereocenters. The first kappa shape index (κ1) is 15.3. The van der Waals surface area contributed by atoms with E-state index in [4.69, 9.17) is 0 Å². The van der Waals surface area contributed by atoms with Gasteiger partial charge in [0.25, 0.3) is 0 Å². The van der Waals surface area contributed by atoms with Crippen LogP contribution in [-0.2, 0) is 4.79 Å². The predicted octanol–water partition coefficient (Wildman–Crippen LogP) is 3.52. The molecule has 0 saturated heterocycles. The maximum absolute atomic E-state index is 12.1. The molecule has 5 heteroatoms. The fraction of sp³-hybridized carbons (Fsp3) is 0.923. The smallest absolute Gasteiger partial charge is 0.348 e. The molecule has 0 aromatic carbocycles. The average Bonchev–Trinajstić information content (AvgIpc) is 2.07. The molecule has 18 heavy (non-hydrogen) atoms. The van der Waals surface area contributed by atoms with Crippen molar-refractivity contribution in [3.8, 4) is 0 Å². The van der Waals surface area contributed by atoms with Crippen LogP contribution in [0, 0.1) is 16.7 Å². The number of carbonyl (C=O) groups excluding carboxylic acids is 1. The number of amides is 1. The van der Waals surface area contributed by atoms with Crippen LogP contribution in [0.25, 0.3) is 0 Å². The lowest BCUT2D eigenvalue weighted by Crippen LogP contribution is -2.43. The van der Waals surface area contributed by atoms with E-state index in [1.807, 2.05) is 5.32 Å². The SMILES string of the molecule is CC1(C)CC(CNC(=O)C(F)(F)F)CC(C)(C)C1. The zero-order valence-corrected chi connectivity index (χ0v) is 11.4. The maximum atomic E-state index is 12.1. The summed E-state index contributed by atoms with van der Waals surface area (Å²) < 4.78 is 36.3. The van der Waals surface area contributed by atoms with Crippen molar-refractivity contribution in [1.29, 1.82) is 0 Å². The summed E-state index contributed by atoms with van der Waals surface area (Å²) in [6.45, 7) is 8.64. The van der Waals surface area contributed by atoms with Gasteiger partial charge in [-0.25, -0.2) is 0 Å². The Morgan fingerprint density at radius 2 is 1.61 bits per heavy atom. The Morgan fingerprint density at radius 3 is 2.00 bits per heavy atom. The molecule has 1 aliphatic rings. The highest BCUT2D eigenvalue weighted by Gasteiger charge is 2.41. The van der Waals surface area contributed by atoms with E-state index in [9.17, 15) is 18.0 Å². The number of hydrogen-bond acceptors (Lipinski definition) is 1. The molecule has 1 aliphatic carbocycles. The summed E-state index contributed by atoms with van der Waals surface area (Å²) in [5.74, 6) is -1.71. The van der Waals surface area contributed by atoms with E-state index in [0.29, 0.717) is 0 Å². The van der Waals surface area contributed by atoms with E-state index in [0.717, 1.165) is 19.3 Å². The summed E-state index contributed by atoms with van der Waals surface area (Å²) in [5.41, 5.74) is 0.241. The number of rotatable bonds is 2. The largest absolute Gasteiger partial charge is 0.471 e. The third-order valence-corrected chi connectivity index (χ3v) is 3.45. The lowest BCUT2D eigenvalue weighted by molar-refractivity contribution is -0.173. The molecular weight excluding hydrogens is 243 g/mol. The fourth-order valence-electron chi connectivity index (χ4n) is 3.56. The Bertz CT molecular complexity index is 305. The Morgan fingerprint density at radius 1 is 1.17 bits per heavy atom. The first-order valence-corrected chi connectivity index (χ1v) is 6.26. The highest BCUT2D eigenvalue weighted by molar-refractivity contribution is 5.81. The number of hydrogen-bond donors (Lipinski definition) is 1. The molecule has 2 nitrogen and oxygen atoms in total. The molecule has 0 bridgehead atoms. The van der Waals surface area contributed by atoms with E-state index in [-0.39, 0.29) is 23.3 Å². The van der Waals surface area contributed by atoms with Gasteiger partial charge in [-0.1, -0.05) is 27.7 Å². The number of nitrogens with one attached hydrogen (secondary N) is 1. The highest BCUT2D eigenvalue weighted by atomic mass is 19.4. The van der Waals surface area contributed by atoms with E-state index >= 15 is 0 Å². The van der Waals surface area contributed by atoms with Crippen LogP contribution in [0.5, 0.6) is 0 Å². The van der Waals surface area contributed by atoms with E-state index < -0.39 is 12.1 Å². The van der Waals surface area contributed by atoms with Gasteiger partial charge in [-0.3, -0.25) is 4.79 Å². The van der Waals surface area contributed by atoms with Gasteiger partial charge < -0.3 is 5.32 Å². The molecule has 0 aliphatic heterocycles. The Labute approximate surface area is 106 Å². The molecular formula is C13H22F3NO. The topological polar surface area (TPSA) is 29.1 Å². The molecule has 1 amide bonds.